The first-order valence-corrected chi connectivity index (χ1v) is 11.5. The average molecular weight is 433 g/mol. The molecule has 1 aliphatic rings. The van der Waals surface area contributed by atoms with Crippen LogP contribution >= 0.6 is 23.1 Å². The van der Waals surface area contributed by atoms with Gasteiger partial charge in [0.2, 0.25) is 5.91 Å². The molecule has 0 aliphatic carbocycles. The Bertz CT molecular complexity index is 1110. The van der Waals surface area contributed by atoms with Gasteiger partial charge in [-0.1, -0.05) is 11.8 Å². The van der Waals surface area contributed by atoms with E-state index in [1.165, 1.54) is 23.1 Å². The minimum atomic E-state index is -0.304. The molecule has 0 bridgehead atoms. The molecule has 1 saturated heterocycles. The fraction of sp³-hybridized carbons (Fsp3) is 0.500. The van der Waals surface area contributed by atoms with Gasteiger partial charge in [0.1, 0.15) is 9.53 Å². The van der Waals surface area contributed by atoms with Crippen LogP contribution in [0.4, 0.5) is 0 Å². The van der Waals surface area contributed by atoms with Crippen molar-refractivity contribution in [3.63, 3.8) is 0 Å². The summed E-state index contributed by atoms with van der Waals surface area (Å²) in [7, 11) is 0. The first-order valence-electron chi connectivity index (χ1n) is 9.65. The number of thioether (sulfide) groups is 1. The summed E-state index contributed by atoms with van der Waals surface area (Å²) in [4.78, 5) is 35.6. The highest BCUT2D eigenvalue weighted by Gasteiger charge is 2.23. The molecule has 3 aromatic rings. The second-order valence-corrected chi connectivity index (χ2v) is 10.1. The fourth-order valence-corrected chi connectivity index (χ4v) is 5.22. The third-order valence-corrected chi connectivity index (χ3v) is 6.64. The Morgan fingerprint density at radius 2 is 2.28 bits per heavy atom. The summed E-state index contributed by atoms with van der Waals surface area (Å²) in [6.07, 6.45) is 3.64. The molecule has 3 aromatic heterocycles. The maximum atomic E-state index is 13.3. The number of hydrogen-bond acceptors (Lipinski definition) is 7. The zero-order valence-corrected chi connectivity index (χ0v) is 18.4. The molecule has 1 fully saturated rings. The summed E-state index contributed by atoms with van der Waals surface area (Å²) >= 11 is 2.65. The minimum absolute atomic E-state index is 0.00204. The van der Waals surface area contributed by atoms with Gasteiger partial charge >= 0.3 is 0 Å². The second kappa shape index (κ2) is 8.04. The van der Waals surface area contributed by atoms with Crippen LogP contribution < -0.4 is 10.9 Å². The lowest BCUT2D eigenvalue weighted by atomic mass is 10.1. The van der Waals surface area contributed by atoms with Crippen LogP contribution in [0, 0.1) is 0 Å². The van der Waals surface area contributed by atoms with E-state index in [0.29, 0.717) is 21.9 Å². The Balaban J connectivity index is 1.73. The standard InChI is InChI=1S/C20H24N4O3S2/c1-20(2,3)23-14(25)11-28-19-22-15-13-7-4-8-21-17(13)29-16(15)18(26)24(19)10-12-6-5-9-27-12/h4,7-8,12H,5-6,9-11H2,1-3H3,(H,23,25). The van der Waals surface area contributed by atoms with E-state index in [-0.39, 0.29) is 28.9 Å². The predicted molar refractivity (Wildman–Crippen MR) is 117 cm³/mol. The molecule has 29 heavy (non-hydrogen) atoms. The molecular formula is C20H24N4O3S2. The van der Waals surface area contributed by atoms with E-state index in [9.17, 15) is 9.59 Å². The Kier molecular flexibility index (Phi) is 5.63. The number of thiophene rings is 1. The van der Waals surface area contributed by atoms with Crippen molar-refractivity contribution in [2.24, 2.45) is 0 Å². The number of amides is 1. The highest BCUT2D eigenvalue weighted by Crippen LogP contribution is 2.30. The van der Waals surface area contributed by atoms with Crippen molar-refractivity contribution < 1.29 is 9.53 Å². The van der Waals surface area contributed by atoms with Crippen LogP contribution in [-0.2, 0) is 16.1 Å². The lowest BCUT2D eigenvalue weighted by molar-refractivity contribution is -0.119. The molecule has 1 amide bonds. The Hall–Kier alpha value is -1.97. The molecule has 0 radical (unpaired) electrons. The fourth-order valence-electron chi connectivity index (χ4n) is 3.39. The smallest absolute Gasteiger partial charge is 0.272 e. The van der Waals surface area contributed by atoms with Gasteiger partial charge in [-0.15, -0.1) is 11.3 Å². The van der Waals surface area contributed by atoms with E-state index in [2.05, 4.69) is 10.3 Å². The van der Waals surface area contributed by atoms with Crippen molar-refractivity contribution >= 4 is 49.4 Å². The largest absolute Gasteiger partial charge is 0.376 e. The van der Waals surface area contributed by atoms with Crippen molar-refractivity contribution in [1.29, 1.82) is 0 Å². The van der Waals surface area contributed by atoms with Crippen LogP contribution in [0.5, 0.6) is 0 Å². The number of pyridine rings is 1. The number of rotatable bonds is 5. The normalized spacial score (nSPS) is 17.3. The summed E-state index contributed by atoms with van der Waals surface area (Å²) < 4.78 is 8.01. The quantitative estimate of drug-likeness (QED) is 0.492. The minimum Gasteiger partial charge on any atom is -0.376 e. The molecule has 4 rings (SSSR count). The van der Waals surface area contributed by atoms with E-state index in [0.717, 1.165) is 29.7 Å². The molecule has 0 spiro atoms. The summed E-state index contributed by atoms with van der Waals surface area (Å²) in [6.45, 7) is 7.00. The molecular weight excluding hydrogens is 408 g/mol. The SMILES string of the molecule is CC(C)(C)NC(=O)CSc1nc2c(sc3ncccc32)c(=O)n1CC1CCCO1. The first kappa shape index (κ1) is 20.3. The van der Waals surface area contributed by atoms with Crippen LogP contribution in [0.3, 0.4) is 0 Å². The summed E-state index contributed by atoms with van der Waals surface area (Å²) in [6, 6.07) is 3.77. The number of aromatic nitrogens is 3. The Morgan fingerprint density at radius 3 is 3.00 bits per heavy atom. The highest BCUT2D eigenvalue weighted by atomic mass is 32.2. The molecule has 1 N–H and O–H groups in total. The first-order chi connectivity index (χ1) is 13.8. The number of nitrogens with one attached hydrogen (secondary N) is 1. The molecule has 7 nitrogen and oxygen atoms in total. The summed E-state index contributed by atoms with van der Waals surface area (Å²) in [5.41, 5.74) is 0.263. The lowest BCUT2D eigenvalue weighted by Gasteiger charge is -2.20. The van der Waals surface area contributed by atoms with Gasteiger partial charge in [0.15, 0.2) is 5.16 Å². The van der Waals surface area contributed by atoms with Gasteiger partial charge in [-0.2, -0.15) is 0 Å². The topological polar surface area (TPSA) is 86.1 Å². The maximum Gasteiger partial charge on any atom is 0.272 e. The number of ether oxygens (including phenoxy) is 1. The van der Waals surface area contributed by atoms with Crippen LogP contribution in [0.2, 0.25) is 0 Å². The molecule has 1 atom stereocenters. The highest BCUT2D eigenvalue weighted by molar-refractivity contribution is 7.99. The van der Waals surface area contributed by atoms with Crippen LogP contribution in [0.1, 0.15) is 33.6 Å². The van der Waals surface area contributed by atoms with Gasteiger partial charge in [0.25, 0.3) is 5.56 Å². The Labute approximate surface area is 176 Å². The van der Waals surface area contributed by atoms with Gasteiger partial charge in [-0.3, -0.25) is 14.2 Å². The van der Waals surface area contributed by atoms with E-state index < -0.39 is 0 Å². The van der Waals surface area contributed by atoms with Crippen molar-refractivity contribution in [2.45, 2.75) is 57.0 Å². The van der Waals surface area contributed by atoms with Crippen molar-refractivity contribution in [3.8, 4) is 0 Å². The van der Waals surface area contributed by atoms with E-state index in [4.69, 9.17) is 9.72 Å². The van der Waals surface area contributed by atoms with E-state index in [1.807, 2.05) is 32.9 Å². The molecule has 0 saturated carbocycles. The van der Waals surface area contributed by atoms with Gasteiger partial charge in [-0.25, -0.2) is 9.97 Å². The van der Waals surface area contributed by atoms with E-state index >= 15 is 0 Å². The third kappa shape index (κ3) is 4.46. The second-order valence-electron chi connectivity index (χ2n) is 8.17. The van der Waals surface area contributed by atoms with Gasteiger partial charge in [-0.05, 0) is 45.7 Å². The van der Waals surface area contributed by atoms with Crippen molar-refractivity contribution in [2.75, 3.05) is 12.4 Å². The summed E-state index contributed by atoms with van der Waals surface area (Å²) in [5, 5.41) is 4.37. The maximum absolute atomic E-state index is 13.3. The van der Waals surface area contributed by atoms with Crippen LogP contribution in [0.25, 0.3) is 20.4 Å². The molecule has 9 heteroatoms. The number of hydrogen-bond donors (Lipinski definition) is 1. The molecule has 1 aliphatic heterocycles. The Morgan fingerprint density at radius 1 is 1.45 bits per heavy atom. The van der Waals surface area contributed by atoms with Gasteiger partial charge in [0, 0.05) is 23.7 Å². The van der Waals surface area contributed by atoms with E-state index in [1.54, 1.807) is 10.8 Å². The van der Waals surface area contributed by atoms with Gasteiger partial charge in [0.05, 0.1) is 23.9 Å². The number of nitrogens with zero attached hydrogens (tertiary/aromatic N) is 3. The zero-order valence-electron chi connectivity index (χ0n) is 16.7. The van der Waals surface area contributed by atoms with Crippen LogP contribution in [0.15, 0.2) is 28.3 Å². The molecule has 4 heterocycles. The zero-order chi connectivity index (χ0) is 20.6. The lowest BCUT2D eigenvalue weighted by Crippen LogP contribution is -2.41. The molecule has 0 aromatic carbocycles. The number of carbonyl (C=O) groups is 1. The van der Waals surface area contributed by atoms with Crippen LogP contribution in [-0.4, -0.2) is 44.4 Å². The predicted octanol–water partition coefficient (Wildman–Crippen LogP) is 3.19. The van der Waals surface area contributed by atoms with Crippen molar-refractivity contribution in [1.82, 2.24) is 19.9 Å². The average Bonchev–Trinajstić information content (AvgIpc) is 3.29. The monoisotopic (exact) mass is 432 g/mol. The molecule has 1 unspecified atom stereocenters. The van der Waals surface area contributed by atoms with Crippen molar-refractivity contribution in [3.05, 3.63) is 28.7 Å². The number of carbonyl (C=O) groups excluding carboxylic acids is 1. The number of fused-ring (bicyclic) bond motifs is 3. The summed E-state index contributed by atoms with van der Waals surface area (Å²) in [5.74, 6) is 0.110. The molecule has 154 valence electrons. The van der Waals surface area contributed by atoms with Gasteiger partial charge < -0.3 is 10.1 Å². The third-order valence-electron chi connectivity index (χ3n) is 4.57.